The number of aromatic nitrogens is 2. The van der Waals surface area contributed by atoms with Gasteiger partial charge < -0.3 is 20.4 Å². The highest BCUT2D eigenvalue weighted by molar-refractivity contribution is 5.64. The predicted molar refractivity (Wildman–Crippen MR) is 59.8 cm³/mol. The summed E-state index contributed by atoms with van der Waals surface area (Å²) >= 11 is 0. The molecule has 1 aromatic heterocycles. The minimum absolute atomic E-state index is 0.282. The summed E-state index contributed by atoms with van der Waals surface area (Å²) < 4.78 is 6.69. The van der Waals surface area contributed by atoms with Crippen LogP contribution in [0, 0.1) is 0 Å². The fourth-order valence-electron chi connectivity index (χ4n) is 1.38. The number of carbonyl (C=O) groups is 1. The number of ether oxygens (including phenoxy) is 1. The predicted octanol–water partition coefficient (Wildman–Crippen LogP) is 0.478. The first-order valence-corrected chi connectivity index (χ1v) is 5.37. The van der Waals surface area contributed by atoms with E-state index in [-0.39, 0.29) is 6.61 Å². The van der Waals surface area contributed by atoms with Gasteiger partial charge in [-0.25, -0.2) is 9.78 Å². The molecule has 0 bridgehead atoms. The van der Waals surface area contributed by atoms with Crippen molar-refractivity contribution in [1.29, 1.82) is 0 Å². The number of amides is 1. The smallest absolute Gasteiger partial charge is 0.404 e. The first kappa shape index (κ1) is 12.5. The molecule has 0 spiro atoms. The van der Waals surface area contributed by atoms with E-state index < -0.39 is 6.09 Å². The highest BCUT2D eigenvalue weighted by Gasteiger charge is 2.01. The zero-order chi connectivity index (χ0) is 11.8. The lowest BCUT2D eigenvalue weighted by molar-refractivity contribution is 0.157. The standard InChI is InChI=1S/C10H18N4O2/c1-2-5-14-6-3-13-9(14)8-12-4-7-16-10(11)15/h3,6,12H,2,4-5,7-8H2,1H3,(H2,11,15). The van der Waals surface area contributed by atoms with Gasteiger partial charge in [0.1, 0.15) is 12.4 Å². The third-order valence-corrected chi connectivity index (χ3v) is 2.07. The molecule has 0 aliphatic carbocycles. The molecule has 0 atom stereocenters. The second-order valence-corrected chi connectivity index (χ2v) is 3.38. The summed E-state index contributed by atoms with van der Waals surface area (Å²) in [6.07, 6.45) is 4.08. The van der Waals surface area contributed by atoms with Crippen molar-refractivity contribution in [1.82, 2.24) is 14.9 Å². The van der Waals surface area contributed by atoms with Crippen LogP contribution >= 0.6 is 0 Å². The Morgan fingerprint density at radius 3 is 3.19 bits per heavy atom. The van der Waals surface area contributed by atoms with Gasteiger partial charge in [0.15, 0.2) is 0 Å². The fourth-order valence-corrected chi connectivity index (χ4v) is 1.38. The molecule has 90 valence electrons. The Labute approximate surface area is 94.8 Å². The van der Waals surface area contributed by atoms with Crippen molar-refractivity contribution in [3.05, 3.63) is 18.2 Å². The summed E-state index contributed by atoms with van der Waals surface area (Å²) in [7, 11) is 0. The van der Waals surface area contributed by atoms with E-state index in [0.29, 0.717) is 13.1 Å². The number of nitrogens with zero attached hydrogens (tertiary/aromatic N) is 2. The van der Waals surface area contributed by atoms with Gasteiger partial charge in [-0.1, -0.05) is 6.92 Å². The normalized spacial score (nSPS) is 10.3. The molecule has 0 unspecified atom stereocenters. The maximum atomic E-state index is 10.3. The molecule has 3 N–H and O–H groups in total. The highest BCUT2D eigenvalue weighted by atomic mass is 16.5. The monoisotopic (exact) mass is 226 g/mol. The molecule has 0 aliphatic heterocycles. The number of hydrogen-bond donors (Lipinski definition) is 2. The van der Waals surface area contributed by atoms with Gasteiger partial charge >= 0.3 is 6.09 Å². The van der Waals surface area contributed by atoms with Gasteiger partial charge in [0.25, 0.3) is 0 Å². The molecule has 0 saturated heterocycles. The van der Waals surface area contributed by atoms with Crippen molar-refractivity contribution in [2.75, 3.05) is 13.2 Å². The molecule has 0 aromatic carbocycles. The van der Waals surface area contributed by atoms with E-state index in [0.717, 1.165) is 18.8 Å². The van der Waals surface area contributed by atoms with E-state index in [1.165, 1.54) is 0 Å². The van der Waals surface area contributed by atoms with E-state index >= 15 is 0 Å². The van der Waals surface area contributed by atoms with Crippen LogP contribution in [0.3, 0.4) is 0 Å². The lowest BCUT2D eigenvalue weighted by Crippen LogP contribution is -2.24. The van der Waals surface area contributed by atoms with Gasteiger partial charge in [0, 0.05) is 25.5 Å². The largest absolute Gasteiger partial charge is 0.448 e. The second kappa shape index (κ2) is 6.84. The van der Waals surface area contributed by atoms with Crippen LogP contribution in [0.1, 0.15) is 19.2 Å². The van der Waals surface area contributed by atoms with Crippen molar-refractivity contribution in [2.24, 2.45) is 5.73 Å². The van der Waals surface area contributed by atoms with Crippen LogP contribution in [0.2, 0.25) is 0 Å². The molecule has 0 fully saturated rings. The number of carbonyl (C=O) groups excluding carboxylic acids is 1. The fraction of sp³-hybridized carbons (Fsp3) is 0.600. The number of nitrogens with two attached hydrogens (primary N) is 1. The molecule has 1 aromatic rings. The topological polar surface area (TPSA) is 82.2 Å². The maximum Gasteiger partial charge on any atom is 0.404 e. The molecule has 0 radical (unpaired) electrons. The van der Waals surface area contributed by atoms with Crippen molar-refractivity contribution in [2.45, 2.75) is 26.4 Å². The Morgan fingerprint density at radius 2 is 2.50 bits per heavy atom. The zero-order valence-electron chi connectivity index (χ0n) is 9.48. The third kappa shape index (κ3) is 4.31. The summed E-state index contributed by atoms with van der Waals surface area (Å²) in [5, 5.41) is 3.13. The summed E-state index contributed by atoms with van der Waals surface area (Å²) in [4.78, 5) is 14.5. The van der Waals surface area contributed by atoms with Crippen molar-refractivity contribution >= 4 is 6.09 Å². The lowest BCUT2D eigenvalue weighted by Gasteiger charge is -2.07. The molecule has 6 heteroatoms. The highest BCUT2D eigenvalue weighted by Crippen LogP contribution is 1.98. The van der Waals surface area contributed by atoms with Gasteiger partial charge in [-0.05, 0) is 6.42 Å². The van der Waals surface area contributed by atoms with E-state index in [1.54, 1.807) is 6.20 Å². The minimum Gasteiger partial charge on any atom is -0.448 e. The SMILES string of the molecule is CCCn1ccnc1CNCCOC(N)=O. The van der Waals surface area contributed by atoms with E-state index in [1.807, 2.05) is 6.20 Å². The molecular weight excluding hydrogens is 208 g/mol. The zero-order valence-corrected chi connectivity index (χ0v) is 9.48. The molecule has 16 heavy (non-hydrogen) atoms. The molecule has 1 heterocycles. The van der Waals surface area contributed by atoms with Crippen LogP contribution in [0.4, 0.5) is 4.79 Å². The first-order chi connectivity index (χ1) is 7.74. The summed E-state index contributed by atoms with van der Waals surface area (Å²) in [6.45, 7) is 4.60. The van der Waals surface area contributed by atoms with Gasteiger partial charge in [-0.15, -0.1) is 0 Å². The van der Waals surface area contributed by atoms with Crippen LogP contribution < -0.4 is 11.1 Å². The van der Waals surface area contributed by atoms with Gasteiger partial charge in [-0.3, -0.25) is 0 Å². The molecule has 0 saturated carbocycles. The molecule has 1 rings (SSSR count). The van der Waals surface area contributed by atoms with Crippen LogP contribution in [0.5, 0.6) is 0 Å². The summed E-state index contributed by atoms with van der Waals surface area (Å²) in [5.41, 5.74) is 4.83. The lowest BCUT2D eigenvalue weighted by atomic mass is 10.4. The maximum absolute atomic E-state index is 10.3. The Bertz CT molecular complexity index is 324. The number of nitrogens with one attached hydrogen (secondary N) is 1. The molecule has 1 amide bonds. The average Bonchev–Trinajstić information content (AvgIpc) is 2.65. The number of hydrogen-bond acceptors (Lipinski definition) is 4. The van der Waals surface area contributed by atoms with Gasteiger partial charge in [-0.2, -0.15) is 0 Å². The van der Waals surface area contributed by atoms with Crippen LogP contribution in [-0.2, 0) is 17.8 Å². The van der Waals surface area contributed by atoms with Crippen molar-refractivity contribution in [3.8, 4) is 0 Å². The number of primary amides is 1. The molecule has 0 aliphatic rings. The van der Waals surface area contributed by atoms with E-state index in [4.69, 9.17) is 5.73 Å². The van der Waals surface area contributed by atoms with E-state index in [9.17, 15) is 4.79 Å². The number of aryl methyl sites for hydroxylation is 1. The molecular formula is C10H18N4O2. The van der Waals surface area contributed by atoms with Crippen molar-refractivity contribution in [3.63, 3.8) is 0 Å². The van der Waals surface area contributed by atoms with Crippen molar-refractivity contribution < 1.29 is 9.53 Å². The summed E-state index contributed by atoms with van der Waals surface area (Å²) in [6, 6.07) is 0. The Hall–Kier alpha value is -1.56. The van der Waals surface area contributed by atoms with Crippen LogP contribution in [-0.4, -0.2) is 28.8 Å². The molecule has 6 nitrogen and oxygen atoms in total. The number of rotatable bonds is 7. The average molecular weight is 226 g/mol. The van der Waals surface area contributed by atoms with Gasteiger partial charge in [0.05, 0.1) is 6.54 Å². The summed E-state index contributed by atoms with van der Waals surface area (Å²) in [5.74, 6) is 0.987. The first-order valence-electron chi connectivity index (χ1n) is 5.37. The van der Waals surface area contributed by atoms with Crippen LogP contribution in [0.15, 0.2) is 12.4 Å². The van der Waals surface area contributed by atoms with Crippen LogP contribution in [0.25, 0.3) is 0 Å². The van der Waals surface area contributed by atoms with Gasteiger partial charge in [0.2, 0.25) is 0 Å². The second-order valence-electron chi connectivity index (χ2n) is 3.38. The van der Waals surface area contributed by atoms with E-state index in [2.05, 4.69) is 26.5 Å². The Morgan fingerprint density at radius 1 is 1.69 bits per heavy atom. The third-order valence-electron chi connectivity index (χ3n) is 2.07. The number of imidazole rings is 1. The minimum atomic E-state index is -0.741. The Kier molecular flexibility index (Phi) is 5.35. The quantitative estimate of drug-likeness (QED) is 0.662. The Balaban J connectivity index is 2.21.